The van der Waals surface area contributed by atoms with Crippen LogP contribution in [0.25, 0.3) is 0 Å². The topological polar surface area (TPSA) is 38.0 Å². The lowest BCUT2D eigenvalue weighted by Gasteiger charge is -2.12. The third kappa shape index (κ3) is 3.69. The lowest BCUT2D eigenvalue weighted by atomic mass is 10.0. The predicted octanol–water partition coefficient (Wildman–Crippen LogP) is 2.55. The lowest BCUT2D eigenvalue weighted by molar-refractivity contribution is 0.589. The van der Waals surface area contributed by atoms with E-state index in [4.69, 9.17) is 5.73 Å². The smallest absolute Gasteiger partial charge is 0.0285 e. The maximum absolute atomic E-state index is 5.76. The van der Waals surface area contributed by atoms with Gasteiger partial charge in [-0.05, 0) is 41.5 Å². The zero-order chi connectivity index (χ0) is 10.4. The quantitative estimate of drug-likeness (QED) is 0.784. The van der Waals surface area contributed by atoms with Gasteiger partial charge < -0.3 is 11.1 Å². The molecular formula is C10H17BrN2S. The molecule has 3 N–H and O–H groups in total. The minimum Gasteiger partial charge on any atom is -0.330 e. The van der Waals surface area contributed by atoms with Crippen LogP contribution in [0.1, 0.15) is 24.1 Å². The molecule has 0 fully saturated rings. The highest BCUT2D eigenvalue weighted by atomic mass is 79.9. The number of hydrogen-bond acceptors (Lipinski definition) is 3. The highest BCUT2D eigenvalue weighted by Gasteiger charge is 2.11. The minimum absolute atomic E-state index is 0.505. The monoisotopic (exact) mass is 276 g/mol. The van der Waals surface area contributed by atoms with Crippen LogP contribution in [0.2, 0.25) is 0 Å². The Balaban J connectivity index is 2.45. The van der Waals surface area contributed by atoms with Crippen LogP contribution < -0.4 is 11.1 Å². The molecule has 0 amide bonds. The van der Waals surface area contributed by atoms with E-state index in [0.29, 0.717) is 5.92 Å². The summed E-state index contributed by atoms with van der Waals surface area (Å²) in [6, 6.07) is 2.17. The van der Waals surface area contributed by atoms with Crippen LogP contribution in [0.5, 0.6) is 0 Å². The number of hydrogen-bond donors (Lipinski definition) is 2. The summed E-state index contributed by atoms with van der Waals surface area (Å²) < 4.78 is 1.17. The van der Waals surface area contributed by atoms with Crippen LogP contribution in [-0.2, 0) is 0 Å². The summed E-state index contributed by atoms with van der Waals surface area (Å²) >= 11 is 5.25. The molecular weight excluding hydrogens is 260 g/mol. The number of nitrogens with one attached hydrogen (secondary N) is 1. The van der Waals surface area contributed by atoms with Gasteiger partial charge in [-0.25, -0.2) is 0 Å². The second-order valence-electron chi connectivity index (χ2n) is 3.24. The van der Waals surface area contributed by atoms with Gasteiger partial charge in [0.15, 0.2) is 0 Å². The Hall–Kier alpha value is 0.1000. The van der Waals surface area contributed by atoms with Crippen molar-refractivity contribution in [3.63, 3.8) is 0 Å². The van der Waals surface area contributed by atoms with Gasteiger partial charge in [-0.15, -0.1) is 11.3 Å². The molecule has 0 saturated heterocycles. The Morgan fingerprint density at radius 2 is 2.43 bits per heavy atom. The molecule has 0 bridgehead atoms. The van der Waals surface area contributed by atoms with Crippen LogP contribution in [0.15, 0.2) is 15.9 Å². The molecule has 0 saturated carbocycles. The van der Waals surface area contributed by atoms with Gasteiger partial charge in [-0.2, -0.15) is 0 Å². The van der Waals surface area contributed by atoms with Gasteiger partial charge in [0.1, 0.15) is 0 Å². The van der Waals surface area contributed by atoms with Crippen molar-refractivity contribution in [2.24, 2.45) is 5.73 Å². The maximum Gasteiger partial charge on any atom is 0.0285 e. The first kappa shape index (κ1) is 12.2. The van der Waals surface area contributed by atoms with E-state index in [9.17, 15) is 0 Å². The van der Waals surface area contributed by atoms with Crippen LogP contribution in [0, 0.1) is 0 Å². The number of thiophene rings is 1. The van der Waals surface area contributed by atoms with Gasteiger partial charge in [0.2, 0.25) is 0 Å². The molecule has 1 unspecified atom stereocenters. The van der Waals surface area contributed by atoms with E-state index in [1.807, 2.05) is 0 Å². The maximum atomic E-state index is 5.76. The first-order valence-corrected chi connectivity index (χ1v) is 6.60. The minimum atomic E-state index is 0.505. The summed E-state index contributed by atoms with van der Waals surface area (Å²) in [7, 11) is 0. The molecule has 1 rings (SSSR count). The summed E-state index contributed by atoms with van der Waals surface area (Å²) in [6.07, 6.45) is 1.12. The number of rotatable bonds is 6. The van der Waals surface area contributed by atoms with Gasteiger partial charge in [0.05, 0.1) is 0 Å². The van der Waals surface area contributed by atoms with Crippen molar-refractivity contribution in [1.29, 1.82) is 0 Å². The SMILES string of the molecule is CCNCCC(CN)c1cc(Br)cs1. The predicted molar refractivity (Wildman–Crippen MR) is 67.0 cm³/mol. The molecule has 1 aromatic heterocycles. The molecule has 0 aliphatic rings. The molecule has 0 aliphatic carbocycles. The highest BCUT2D eigenvalue weighted by Crippen LogP contribution is 2.28. The molecule has 2 nitrogen and oxygen atoms in total. The molecule has 0 aromatic carbocycles. The second kappa shape index (κ2) is 6.56. The average Bonchev–Trinajstić information content (AvgIpc) is 2.60. The second-order valence-corrected chi connectivity index (χ2v) is 5.10. The first-order valence-electron chi connectivity index (χ1n) is 4.92. The Kier molecular flexibility index (Phi) is 5.70. The Morgan fingerprint density at radius 1 is 1.64 bits per heavy atom. The van der Waals surface area contributed by atoms with Crippen molar-refractivity contribution >= 4 is 27.3 Å². The molecule has 14 heavy (non-hydrogen) atoms. The van der Waals surface area contributed by atoms with Gasteiger partial charge >= 0.3 is 0 Å². The molecule has 4 heteroatoms. The average molecular weight is 277 g/mol. The lowest BCUT2D eigenvalue weighted by Crippen LogP contribution is -2.20. The summed E-state index contributed by atoms with van der Waals surface area (Å²) in [4.78, 5) is 1.39. The fourth-order valence-corrected chi connectivity index (χ4v) is 2.97. The molecule has 1 aromatic rings. The van der Waals surface area contributed by atoms with Crippen molar-refractivity contribution in [3.8, 4) is 0 Å². The largest absolute Gasteiger partial charge is 0.330 e. The van der Waals surface area contributed by atoms with E-state index in [0.717, 1.165) is 26.1 Å². The van der Waals surface area contributed by atoms with Crippen molar-refractivity contribution in [3.05, 3.63) is 20.8 Å². The van der Waals surface area contributed by atoms with E-state index < -0.39 is 0 Å². The molecule has 1 heterocycles. The van der Waals surface area contributed by atoms with Crippen molar-refractivity contribution in [2.45, 2.75) is 19.3 Å². The molecule has 1 atom stereocenters. The van der Waals surface area contributed by atoms with E-state index in [-0.39, 0.29) is 0 Å². The summed E-state index contributed by atoms with van der Waals surface area (Å²) in [5.41, 5.74) is 5.76. The standard InChI is InChI=1S/C10H17BrN2S/c1-2-13-4-3-8(6-12)10-5-9(11)7-14-10/h5,7-8,13H,2-4,6,12H2,1H3. The highest BCUT2D eigenvalue weighted by molar-refractivity contribution is 9.10. The molecule has 0 spiro atoms. The van der Waals surface area contributed by atoms with Crippen molar-refractivity contribution in [2.75, 3.05) is 19.6 Å². The van der Waals surface area contributed by atoms with E-state index in [2.05, 4.69) is 39.6 Å². The summed E-state index contributed by atoms with van der Waals surface area (Å²) in [5.74, 6) is 0.505. The zero-order valence-electron chi connectivity index (χ0n) is 8.42. The fourth-order valence-electron chi connectivity index (χ4n) is 1.37. The van der Waals surface area contributed by atoms with Gasteiger partial charge in [-0.3, -0.25) is 0 Å². The molecule has 0 aliphatic heterocycles. The third-order valence-electron chi connectivity index (χ3n) is 2.19. The van der Waals surface area contributed by atoms with Crippen LogP contribution in [-0.4, -0.2) is 19.6 Å². The Labute approximate surface area is 98.0 Å². The van der Waals surface area contributed by atoms with Gasteiger partial charge in [0.25, 0.3) is 0 Å². The van der Waals surface area contributed by atoms with Gasteiger partial charge in [-0.1, -0.05) is 6.92 Å². The first-order chi connectivity index (χ1) is 6.77. The zero-order valence-corrected chi connectivity index (χ0v) is 10.8. The molecule has 0 radical (unpaired) electrons. The summed E-state index contributed by atoms with van der Waals surface area (Å²) in [5, 5.41) is 5.44. The Morgan fingerprint density at radius 3 is 2.93 bits per heavy atom. The van der Waals surface area contributed by atoms with E-state index in [1.165, 1.54) is 9.35 Å². The van der Waals surface area contributed by atoms with E-state index >= 15 is 0 Å². The summed E-state index contributed by atoms with van der Waals surface area (Å²) in [6.45, 7) is 4.94. The van der Waals surface area contributed by atoms with Crippen LogP contribution in [0.3, 0.4) is 0 Å². The van der Waals surface area contributed by atoms with E-state index in [1.54, 1.807) is 11.3 Å². The van der Waals surface area contributed by atoms with Gasteiger partial charge in [0, 0.05) is 27.2 Å². The van der Waals surface area contributed by atoms with Crippen LogP contribution in [0.4, 0.5) is 0 Å². The fraction of sp³-hybridized carbons (Fsp3) is 0.600. The third-order valence-corrected chi connectivity index (χ3v) is 4.05. The van der Waals surface area contributed by atoms with Crippen LogP contribution >= 0.6 is 27.3 Å². The van der Waals surface area contributed by atoms with Crippen molar-refractivity contribution in [1.82, 2.24) is 5.32 Å². The normalized spacial score (nSPS) is 13.1. The molecule has 80 valence electrons. The number of halogens is 1. The Bertz CT molecular complexity index is 262. The number of nitrogens with two attached hydrogens (primary N) is 1. The van der Waals surface area contributed by atoms with Crippen molar-refractivity contribution < 1.29 is 0 Å².